The van der Waals surface area contributed by atoms with Crippen molar-refractivity contribution in [3.05, 3.63) is 0 Å². The Labute approximate surface area is 74.1 Å². The van der Waals surface area contributed by atoms with Gasteiger partial charge in [-0.3, -0.25) is 0 Å². The number of hydrogen-bond donors (Lipinski definition) is 0. The third-order valence-corrected chi connectivity index (χ3v) is 6.81. The van der Waals surface area contributed by atoms with Gasteiger partial charge in [-0.2, -0.15) is 0 Å². The van der Waals surface area contributed by atoms with Crippen molar-refractivity contribution in [1.82, 2.24) is 4.57 Å². The average Bonchev–Trinajstić information content (AvgIpc) is 1.88. The highest BCUT2D eigenvalue weighted by molar-refractivity contribution is 6.73. The molecule has 0 radical (unpaired) electrons. The molecule has 2 nitrogen and oxygen atoms in total. The largest absolute Gasteiger partial charge is 0.449 e. The SMILES string of the molecule is CCN(CC)[SiH2]O[Si](C)(C)C. The van der Waals surface area contributed by atoms with E-state index in [4.69, 9.17) is 4.12 Å². The fourth-order valence-corrected chi connectivity index (χ4v) is 3.34. The fourth-order valence-electron chi connectivity index (χ4n) is 0.691. The van der Waals surface area contributed by atoms with Crippen molar-refractivity contribution >= 4 is 18.2 Å². The van der Waals surface area contributed by atoms with E-state index in [2.05, 4.69) is 38.1 Å². The zero-order valence-corrected chi connectivity index (χ0v) is 10.9. The number of rotatable bonds is 5. The van der Waals surface area contributed by atoms with Crippen LogP contribution in [0.1, 0.15) is 13.8 Å². The monoisotopic (exact) mass is 191 g/mol. The minimum Gasteiger partial charge on any atom is -0.449 e. The van der Waals surface area contributed by atoms with E-state index in [-0.39, 0.29) is 9.92 Å². The van der Waals surface area contributed by atoms with Crippen molar-refractivity contribution in [2.75, 3.05) is 13.1 Å². The van der Waals surface area contributed by atoms with E-state index in [0.29, 0.717) is 0 Å². The van der Waals surface area contributed by atoms with Crippen molar-refractivity contribution in [3.63, 3.8) is 0 Å². The molecule has 0 rings (SSSR count). The Bertz CT molecular complexity index is 99.1. The maximum Gasteiger partial charge on any atom is 0.227 e. The third-order valence-electron chi connectivity index (χ3n) is 1.57. The Morgan fingerprint density at radius 3 is 1.91 bits per heavy atom. The maximum absolute atomic E-state index is 5.88. The quantitative estimate of drug-likeness (QED) is 0.605. The molecular formula is C7H21NOSi2. The molecule has 0 heterocycles. The molecule has 0 aliphatic carbocycles. The summed E-state index contributed by atoms with van der Waals surface area (Å²) in [5, 5.41) is 0. The van der Waals surface area contributed by atoms with Gasteiger partial charge in [-0.15, -0.1) is 0 Å². The lowest BCUT2D eigenvalue weighted by atomic mass is 10.7. The van der Waals surface area contributed by atoms with Crippen LogP contribution in [0.25, 0.3) is 0 Å². The molecule has 0 aliphatic heterocycles. The summed E-state index contributed by atoms with van der Waals surface area (Å²) < 4.78 is 8.31. The van der Waals surface area contributed by atoms with Gasteiger partial charge in [0, 0.05) is 0 Å². The summed E-state index contributed by atoms with van der Waals surface area (Å²) in [5.74, 6) is 0. The van der Waals surface area contributed by atoms with Crippen molar-refractivity contribution in [2.45, 2.75) is 33.5 Å². The van der Waals surface area contributed by atoms with E-state index in [1.165, 1.54) is 0 Å². The Kier molecular flexibility index (Phi) is 5.24. The van der Waals surface area contributed by atoms with Crippen molar-refractivity contribution < 1.29 is 4.12 Å². The van der Waals surface area contributed by atoms with Crippen molar-refractivity contribution in [1.29, 1.82) is 0 Å². The van der Waals surface area contributed by atoms with Crippen LogP contribution in [0.3, 0.4) is 0 Å². The highest BCUT2D eigenvalue weighted by Crippen LogP contribution is 2.01. The fraction of sp³-hybridized carbons (Fsp3) is 1.00. The summed E-state index contributed by atoms with van der Waals surface area (Å²) in [6.45, 7) is 13.4. The molecule has 4 heteroatoms. The molecule has 0 saturated carbocycles. The summed E-state index contributed by atoms with van der Waals surface area (Å²) >= 11 is 0. The van der Waals surface area contributed by atoms with Crippen molar-refractivity contribution in [3.8, 4) is 0 Å². The second kappa shape index (κ2) is 5.08. The molecular weight excluding hydrogens is 170 g/mol. The molecule has 0 bridgehead atoms. The van der Waals surface area contributed by atoms with E-state index in [0.717, 1.165) is 13.1 Å². The van der Waals surface area contributed by atoms with Crippen LogP contribution in [-0.4, -0.2) is 35.9 Å². The van der Waals surface area contributed by atoms with Gasteiger partial charge in [0.05, 0.1) is 0 Å². The lowest BCUT2D eigenvalue weighted by molar-refractivity contribution is 0.420. The first-order valence-corrected chi connectivity index (χ1v) is 8.97. The van der Waals surface area contributed by atoms with Crippen LogP contribution in [-0.2, 0) is 4.12 Å². The van der Waals surface area contributed by atoms with Gasteiger partial charge in [0.1, 0.15) is 0 Å². The molecule has 0 aromatic heterocycles. The molecule has 68 valence electrons. The Balaban J connectivity index is 3.51. The Morgan fingerprint density at radius 2 is 1.64 bits per heavy atom. The lowest BCUT2D eigenvalue weighted by Crippen LogP contribution is -2.37. The van der Waals surface area contributed by atoms with Gasteiger partial charge in [-0.05, 0) is 32.7 Å². The molecule has 0 fully saturated rings. The Hall–Kier alpha value is 0.354. The van der Waals surface area contributed by atoms with Gasteiger partial charge < -0.3 is 8.68 Å². The minimum atomic E-state index is -1.23. The molecule has 0 spiro atoms. The molecule has 0 N–H and O–H groups in total. The summed E-state index contributed by atoms with van der Waals surface area (Å²) in [5.41, 5.74) is 0. The molecule has 0 amide bonds. The predicted molar refractivity (Wildman–Crippen MR) is 55.9 cm³/mol. The van der Waals surface area contributed by atoms with Crippen LogP contribution in [0, 0.1) is 0 Å². The average molecular weight is 191 g/mol. The van der Waals surface area contributed by atoms with E-state index in [1.807, 2.05) is 0 Å². The third kappa shape index (κ3) is 6.74. The van der Waals surface area contributed by atoms with Crippen LogP contribution < -0.4 is 0 Å². The lowest BCUT2D eigenvalue weighted by Gasteiger charge is -2.24. The first-order chi connectivity index (χ1) is 4.99. The molecule has 11 heavy (non-hydrogen) atoms. The normalized spacial score (nSPS) is 13.6. The topological polar surface area (TPSA) is 12.5 Å². The van der Waals surface area contributed by atoms with Gasteiger partial charge in [0.2, 0.25) is 9.92 Å². The van der Waals surface area contributed by atoms with Gasteiger partial charge in [-0.25, -0.2) is 0 Å². The molecule has 0 aromatic carbocycles. The summed E-state index contributed by atoms with van der Waals surface area (Å²) in [4.78, 5) is 0. The van der Waals surface area contributed by atoms with Crippen LogP contribution in [0.2, 0.25) is 19.6 Å². The van der Waals surface area contributed by atoms with Crippen molar-refractivity contribution in [2.24, 2.45) is 0 Å². The standard InChI is InChI=1S/C7H21NOSi2/c1-6-8(7-2)10-9-11(3,4)5/h6-7,10H2,1-5H3. The zero-order valence-electron chi connectivity index (χ0n) is 8.48. The van der Waals surface area contributed by atoms with Crippen LogP contribution >= 0.6 is 0 Å². The summed E-state index contributed by atoms with van der Waals surface area (Å²) in [6, 6.07) is 0. The number of nitrogens with zero attached hydrogens (tertiary/aromatic N) is 1. The molecule has 0 atom stereocenters. The summed E-state index contributed by atoms with van der Waals surface area (Å²) in [6.07, 6.45) is 0. The second-order valence-electron chi connectivity index (χ2n) is 3.69. The van der Waals surface area contributed by atoms with Gasteiger partial charge in [-0.1, -0.05) is 13.8 Å². The molecule has 0 aromatic rings. The van der Waals surface area contributed by atoms with E-state index in [1.54, 1.807) is 0 Å². The first-order valence-electron chi connectivity index (χ1n) is 4.36. The van der Waals surface area contributed by atoms with E-state index in [9.17, 15) is 0 Å². The van der Waals surface area contributed by atoms with Gasteiger partial charge in [0.15, 0.2) is 8.32 Å². The van der Waals surface area contributed by atoms with Gasteiger partial charge in [0.25, 0.3) is 0 Å². The highest BCUT2D eigenvalue weighted by atomic mass is 28.4. The van der Waals surface area contributed by atoms with Crippen LogP contribution in [0.15, 0.2) is 0 Å². The predicted octanol–water partition coefficient (Wildman–Crippen LogP) is 1.18. The smallest absolute Gasteiger partial charge is 0.227 e. The molecule has 0 saturated heterocycles. The van der Waals surface area contributed by atoms with Crippen LogP contribution in [0.4, 0.5) is 0 Å². The molecule has 0 aliphatic rings. The minimum absolute atomic E-state index is 0.384. The highest BCUT2D eigenvalue weighted by Gasteiger charge is 2.14. The van der Waals surface area contributed by atoms with Crippen LogP contribution in [0.5, 0.6) is 0 Å². The van der Waals surface area contributed by atoms with E-state index < -0.39 is 8.32 Å². The van der Waals surface area contributed by atoms with Gasteiger partial charge >= 0.3 is 0 Å². The number of hydrogen-bond acceptors (Lipinski definition) is 2. The summed E-state index contributed by atoms with van der Waals surface area (Å²) in [7, 11) is -1.62. The van der Waals surface area contributed by atoms with E-state index >= 15 is 0 Å². The second-order valence-corrected chi connectivity index (χ2v) is 10.2. The molecule has 0 unspecified atom stereocenters. The first kappa shape index (κ1) is 11.4. The zero-order chi connectivity index (χ0) is 8.91. The maximum atomic E-state index is 5.88. The Morgan fingerprint density at radius 1 is 1.18 bits per heavy atom.